The summed E-state index contributed by atoms with van der Waals surface area (Å²) in [7, 11) is 0. The molecule has 0 saturated carbocycles. The Bertz CT molecular complexity index is 664. The first-order valence-corrected chi connectivity index (χ1v) is 6.39. The fourth-order valence-electron chi connectivity index (χ4n) is 1.42. The lowest BCUT2D eigenvalue weighted by atomic mass is 10.2. The van der Waals surface area contributed by atoms with Crippen LogP contribution in [0.25, 0.3) is 21.7 Å². The van der Waals surface area contributed by atoms with Crippen LogP contribution in [0.4, 0.5) is 0 Å². The molecule has 0 N–H and O–H groups in total. The van der Waals surface area contributed by atoms with Crippen LogP contribution in [-0.2, 0) is 0 Å². The molecule has 3 rings (SSSR count). The second-order valence-electron chi connectivity index (χ2n) is 3.15. The Morgan fingerprint density at radius 3 is 2.88 bits per heavy atom. The zero-order valence-electron chi connectivity index (χ0n) is 7.78. The highest BCUT2D eigenvalue weighted by molar-refractivity contribution is 9.11. The van der Waals surface area contributed by atoms with Crippen molar-refractivity contribution >= 4 is 49.8 Å². The van der Waals surface area contributed by atoms with E-state index in [1.807, 2.05) is 18.2 Å². The number of hydrogen-bond donors (Lipinski definition) is 0. The van der Waals surface area contributed by atoms with Crippen molar-refractivity contribution in [1.82, 2.24) is 10.2 Å². The number of rotatable bonds is 1. The number of halogens is 2. The van der Waals surface area contributed by atoms with Gasteiger partial charge in [0.15, 0.2) is 14.7 Å². The van der Waals surface area contributed by atoms with Crippen LogP contribution in [0.1, 0.15) is 0 Å². The number of hydrogen-bond acceptors (Lipinski definition) is 4. The van der Waals surface area contributed by atoms with E-state index in [4.69, 9.17) is 16.0 Å². The molecular formula is C10H4BrClN2OS. The second-order valence-corrected chi connectivity index (χ2v) is 5.84. The van der Waals surface area contributed by atoms with Gasteiger partial charge in [-0.2, -0.15) is 0 Å². The molecule has 0 unspecified atom stereocenters. The van der Waals surface area contributed by atoms with E-state index in [0.717, 1.165) is 19.9 Å². The molecule has 80 valence electrons. The van der Waals surface area contributed by atoms with Gasteiger partial charge in [0.05, 0.1) is 0 Å². The molecule has 3 nitrogen and oxygen atoms in total. The molecule has 0 radical (unpaired) electrons. The minimum atomic E-state index is 0.693. The van der Waals surface area contributed by atoms with Gasteiger partial charge in [-0.15, -0.1) is 10.2 Å². The van der Waals surface area contributed by atoms with Crippen molar-refractivity contribution in [3.05, 3.63) is 33.2 Å². The Balaban J connectivity index is 2.18. The lowest BCUT2D eigenvalue weighted by Crippen LogP contribution is -1.70. The molecular weight excluding hydrogens is 312 g/mol. The van der Waals surface area contributed by atoms with Crippen LogP contribution in [-0.4, -0.2) is 10.2 Å². The van der Waals surface area contributed by atoms with Crippen molar-refractivity contribution < 1.29 is 4.42 Å². The summed E-state index contributed by atoms with van der Waals surface area (Å²) >= 11 is 10.6. The predicted molar refractivity (Wildman–Crippen MR) is 67.8 cm³/mol. The smallest absolute Gasteiger partial charge is 0.184 e. The first-order chi connectivity index (χ1) is 7.72. The van der Waals surface area contributed by atoms with Gasteiger partial charge in [-0.1, -0.05) is 22.9 Å². The molecule has 0 aliphatic heterocycles. The highest BCUT2D eigenvalue weighted by Gasteiger charge is 2.10. The van der Waals surface area contributed by atoms with E-state index in [9.17, 15) is 0 Å². The molecule has 0 aliphatic rings. The van der Waals surface area contributed by atoms with E-state index < -0.39 is 0 Å². The zero-order valence-corrected chi connectivity index (χ0v) is 10.9. The average Bonchev–Trinajstić information content (AvgIpc) is 2.83. The van der Waals surface area contributed by atoms with E-state index in [1.165, 1.54) is 11.3 Å². The lowest BCUT2D eigenvalue weighted by Gasteiger charge is -1.87. The van der Waals surface area contributed by atoms with Gasteiger partial charge >= 0.3 is 0 Å². The lowest BCUT2D eigenvalue weighted by molar-refractivity contribution is 0.630. The van der Waals surface area contributed by atoms with E-state index in [-0.39, 0.29) is 0 Å². The Kier molecular flexibility index (Phi) is 2.46. The standard InChI is InChI=1S/C10H4BrClN2OS/c11-10-14-13-9(16-10)8-4-5-3-6(12)1-2-7(5)15-8/h1-4H. The van der Waals surface area contributed by atoms with Crippen molar-refractivity contribution in [2.24, 2.45) is 0 Å². The number of fused-ring (bicyclic) bond motifs is 1. The van der Waals surface area contributed by atoms with Gasteiger partial charge in [-0.05, 0) is 40.2 Å². The van der Waals surface area contributed by atoms with Crippen molar-refractivity contribution in [3.63, 3.8) is 0 Å². The largest absolute Gasteiger partial charge is 0.453 e. The van der Waals surface area contributed by atoms with Crippen molar-refractivity contribution in [1.29, 1.82) is 0 Å². The quantitative estimate of drug-likeness (QED) is 0.669. The number of benzene rings is 1. The summed E-state index contributed by atoms with van der Waals surface area (Å²) in [6.07, 6.45) is 0. The topological polar surface area (TPSA) is 38.9 Å². The van der Waals surface area contributed by atoms with Crippen LogP contribution in [0.5, 0.6) is 0 Å². The summed E-state index contributed by atoms with van der Waals surface area (Å²) in [6.45, 7) is 0. The molecule has 0 bridgehead atoms. The third-order valence-electron chi connectivity index (χ3n) is 2.09. The Morgan fingerprint density at radius 1 is 1.25 bits per heavy atom. The van der Waals surface area contributed by atoms with Crippen LogP contribution in [0, 0.1) is 0 Å². The third kappa shape index (κ3) is 1.75. The summed E-state index contributed by atoms with van der Waals surface area (Å²) < 4.78 is 6.39. The van der Waals surface area contributed by atoms with Crippen LogP contribution in [0.15, 0.2) is 32.6 Å². The normalized spacial score (nSPS) is 11.1. The number of aromatic nitrogens is 2. The van der Waals surface area contributed by atoms with Gasteiger partial charge in [-0.25, -0.2) is 0 Å². The second kappa shape index (κ2) is 3.84. The van der Waals surface area contributed by atoms with Crippen LogP contribution >= 0.6 is 38.9 Å². The summed E-state index contributed by atoms with van der Waals surface area (Å²) in [5.74, 6) is 0.709. The van der Waals surface area contributed by atoms with Crippen molar-refractivity contribution in [2.45, 2.75) is 0 Å². The van der Waals surface area contributed by atoms with E-state index in [0.29, 0.717) is 10.8 Å². The SMILES string of the molecule is Clc1ccc2oc(-c3nnc(Br)s3)cc2c1. The molecule has 0 aliphatic carbocycles. The van der Waals surface area contributed by atoms with E-state index in [1.54, 1.807) is 6.07 Å². The Hall–Kier alpha value is -0.910. The van der Waals surface area contributed by atoms with Gasteiger partial charge in [0, 0.05) is 10.4 Å². The number of nitrogens with zero attached hydrogens (tertiary/aromatic N) is 2. The van der Waals surface area contributed by atoms with Gasteiger partial charge in [0.1, 0.15) is 5.58 Å². The fourth-order valence-corrected chi connectivity index (χ4v) is 2.67. The maximum Gasteiger partial charge on any atom is 0.184 e. The minimum Gasteiger partial charge on any atom is -0.453 e. The highest BCUT2D eigenvalue weighted by atomic mass is 79.9. The summed E-state index contributed by atoms with van der Waals surface area (Å²) in [6, 6.07) is 7.42. The van der Waals surface area contributed by atoms with Gasteiger partial charge < -0.3 is 4.42 Å². The van der Waals surface area contributed by atoms with Gasteiger partial charge in [0.2, 0.25) is 0 Å². The first-order valence-electron chi connectivity index (χ1n) is 4.41. The Labute approximate surface area is 108 Å². The molecule has 0 saturated heterocycles. The molecule has 3 aromatic rings. The molecule has 0 spiro atoms. The predicted octanol–water partition coefficient (Wildman–Crippen LogP) is 4.37. The van der Waals surface area contributed by atoms with Crippen molar-refractivity contribution in [3.8, 4) is 10.8 Å². The average molecular weight is 316 g/mol. The summed E-state index contributed by atoms with van der Waals surface area (Å²) in [5.41, 5.74) is 0.797. The monoisotopic (exact) mass is 314 g/mol. The first kappa shape index (κ1) is 10.3. The summed E-state index contributed by atoms with van der Waals surface area (Å²) in [5, 5.41) is 10.3. The fraction of sp³-hybridized carbons (Fsp3) is 0. The van der Waals surface area contributed by atoms with E-state index in [2.05, 4.69) is 26.1 Å². The minimum absolute atomic E-state index is 0.693. The molecule has 16 heavy (non-hydrogen) atoms. The van der Waals surface area contributed by atoms with Gasteiger partial charge in [-0.3, -0.25) is 0 Å². The van der Waals surface area contributed by atoms with Crippen LogP contribution in [0.2, 0.25) is 5.02 Å². The van der Waals surface area contributed by atoms with Gasteiger partial charge in [0.25, 0.3) is 0 Å². The van der Waals surface area contributed by atoms with Crippen LogP contribution < -0.4 is 0 Å². The zero-order chi connectivity index (χ0) is 11.1. The van der Waals surface area contributed by atoms with Crippen molar-refractivity contribution in [2.75, 3.05) is 0 Å². The molecule has 0 amide bonds. The maximum absolute atomic E-state index is 5.90. The Morgan fingerprint density at radius 2 is 2.12 bits per heavy atom. The molecule has 6 heteroatoms. The third-order valence-corrected chi connectivity index (χ3v) is 3.70. The molecule has 0 fully saturated rings. The molecule has 2 aromatic heterocycles. The number of furan rings is 1. The van der Waals surface area contributed by atoms with Crippen LogP contribution in [0.3, 0.4) is 0 Å². The maximum atomic E-state index is 5.90. The molecule has 1 aromatic carbocycles. The molecule has 0 atom stereocenters. The highest BCUT2D eigenvalue weighted by Crippen LogP contribution is 2.32. The summed E-state index contributed by atoms with van der Waals surface area (Å²) in [4.78, 5) is 0. The molecule has 2 heterocycles. The van der Waals surface area contributed by atoms with E-state index >= 15 is 0 Å².